The van der Waals surface area contributed by atoms with Crippen molar-refractivity contribution < 1.29 is 22.1 Å². The molecule has 2 aromatic rings. The van der Waals surface area contributed by atoms with Gasteiger partial charge in [-0.1, -0.05) is 69.8 Å². The van der Waals surface area contributed by atoms with Crippen molar-refractivity contribution >= 4 is 57.3 Å². The van der Waals surface area contributed by atoms with E-state index in [1.165, 1.54) is 10.5 Å². The molecule has 0 aliphatic heterocycles. The van der Waals surface area contributed by atoms with Crippen molar-refractivity contribution in [2.45, 2.75) is 19.6 Å². The van der Waals surface area contributed by atoms with Gasteiger partial charge >= 0.3 is 35.6 Å². The van der Waals surface area contributed by atoms with Gasteiger partial charge in [-0.15, -0.1) is 0 Å². The molecular formula is C17H22Cl2NOPSiTi. The summed E-state index contributed by atoms with van der Waals surface area (Å²) in [5.41, 5.74) is 1.12. The monoisotopic (exact) mass is 433 g/mol. The van der Waals surface area contributed by atoms with Gasteiger partial charge in [-0.05, 0) is 16.9 Å². The maximum absolute atomic E-state index is 10.2. The van der Waals surface area contributed by atoms with E-state index in [2.05, 4.69) is 48.9 Å². The van der Waals surface area contributed by atoms with Crippen LogP contribution >= 0.6 is 27.2 Å². The van der Waals surface area contributed by atoms with E-state index in [-0.39, 0.29) is 0 Å². The normalized spacial score (nSPS) is 11.6. The van der Waals surface area contributed by atoms with Crippen molar-refractivity contribution in [2.24, 2.45) is 4.99 Å². The van der Waals surface area contributed by atoms with Gasteiger partial charge in [-0.25, -0.2) is 0 Å². The van der Waals surface area contributed by atoms with Gasteiger partial charge in [0.2, 0.25) is 0 Å². The van der Waals surface area contributed by atoms with Crippen LogP contribution in [0.15, 0.2) is 47.5 Å². The molecule has 0 spiro atoms. The summed E-state index contributed by atoms with van der Waals surface area (Å²) >= 11 is -0.556. The zero-order valence-corrected chi connectivity index (χ0v) is 19.3. The molecule has 0 aromatic heterocycles. The molecule has 0 bridgehead atoms. The van der Waals surface area contributed by atoms with Crippen LogP contribution in [0.3, 0.4) is 0 Å². The Kier molecular flexibility index (Phi) is 9.81. The van der Waals surface area contributed by atoms with E-state index < -0.39 is 25.1 Å². The number of benzene rings is 2. The van der Waals surface area contributed by atoms with Crippen LogP contribution in [0, 0.1) is 0 Å². The van der Waals surface area contributed by atoms with Gasteiger partial charge in [0.1, 0.15) is 5.75 Å². The molecule has 128 valence electrons. The van der Waals surface area contributed by atoms with Crippen molar-refractivity contribution in [1.29, 1.82) is 0 Å². The van der Waals surface area contributed by atoms with E-state index in [1.54, 1.807) is 7.05 Å². The van der Waals surface area contributed by atoms with Crippen LogP contribution < -0.4 is 15.8 Å². The number of halogens is 2. The molecular weight excluding hydrogens is 412 g/mol. The van der Waals surface area contributed by atoms with Gasteiger partial charge in [-0.3, -0.25) is 4.99 Å². The van der Waals surface area contributed by atoms with Crippen LogP contribution in [0.4, 0.5) is 0 Å². The van der Waals surface area contributed by atoms with E-state index in [4.69, 9.17) is 18.6 Å². The van der Waals surface area contributed by atoms with Gasteiger partial charge in [0.15, 0.2) is 0 Å². The van der Waals surface area contributed by atoms with Gasteiger partial charge in [0.05, 0.1) is 8.07 Å². The first-order valence-electron chi connectivity index (χ1n) is 7.41. The fraction of sp³-hybridized carbons (Fsp3) is 0.235. The minimum absolute atomic E-state index is 0.388. The first-order chi connectivity index (χ1) is 11.3. The first kappa shape index (κ1) is 21.9. The predicted molar refractivity (Wildman–Crippen MR) is 110 cm³/mol. The molecule has 0 heterocycles. The first-order valence-corrected chi connectivity index (χ1v) is 16.2. The van der Waals surface area contributed by atoms with E-state index >= 15 is 0 Å². The molecule has 0 radical (unpaired) electrons. The van der Waals surface area contributed by atoms with E-state index in [0.717, 1.165) is 10.9 Å². The second kappa shape index (κ2) is 10.8. The van der Waals surface area contributed by atoms with E-state index in [1.807, 2.05) is 24.4 Å². The summed E-state index contributed by atoms with van der Waals surface area (Å²) in [5, 5.41) is 13.8. The quantitative estimate of drug-likeness (QED) is 0.441. The Morgan fingerprint density at radius 2 is 1.71 bits per heavy atom. The molecule has 2 nitrogen and oxygen atoms in total. The number of nitrogens with zero attached hydrogens (tertiary/aromatic N) is 1. The Balaban J connectivity index is 0.000000891. The Labute approximate surface area is 164 Å². The number of aliphatic imine (C=N–C) groups is 1. The number of rotatable bonds is 4. The Morgan fingerprint density at radius 3 is 2.29 bits per heavy atom. The zero-order valence-electron chi connectivity index (χ0n) is 14.3. The topological polar surface area (TPSA) is 32.6 Å². The van der Waals surface area contributed by atoms with Crippen LogP contribution in [0.1, 0.15) is 5.56 Å². The van der Waals surface area contributed by atoms with Crippen LogP contribution in [-0.4, -0.2) is 26.4 Å². The summed E-state index contributed by atoms with van der Waals surface area (Å²) < 4.78 is 0. The summed E-state index contributed by atoms with van der Waals surface area (Å²) in [6.07, 6.45) is 1.88. The second-order valence-electron chi connectivity index (χ2n) is 6.15. The summed E-state index contributed by atoms with van der Waals surface area (Å²) in [4.78, 5) is 4.11. The Bertz CT molecular complexity index is 693. The SMILES string of the molecule is CN=Cc1ccccc1Pc1cc([Si](C)(C)C)ccc1O.[Cl][Ti][Cl]. The number of aromatic hydroxyl groups is 1. The maximum atomic E-state index is 10.2. The molecule has 7 heteroatoms. The third-order valence-electron chi connectivity index (χ3n) is 3.36. The van der Waals surface area contributed by atoms with Crippen molar-refractivity contribution in [3.8, 4) is 5.75 Å². The summed E-state index contributed by atoms with van der Waals surface area (Å²) in [5.74, 6) is 0.388. The Morgan fingerprint density at radius 1 is 1.08 bits per heavy atom. The molecule has 24 heavy (non-hydrogen) atoms. The molecule has 2 aromatic carbocycles. The van der Waals surface area contributed by atoms with Crippen molar-refractivity contribution in [3.63, 3.8) is 0 Å². The van der Waals surface area contributed by atoms with Crippen molar-refractivity contribution in [2.75, 3.05) is 7.05 Å². The third-order valence-corrected chi connectivity index (χ3v) is 6.80. The van der Waals surface area contributed by atoms with E-state index in [9.17, 15) is 5.11 Å². The Hall–Kier alpha value is -0.149. The summed E-state index contributed by atoms with van der Waals surface area (Å²) in [6, 6.07) is 14.3. The molecule has 0 aliphatic carbocycles. The number of hydrogen-bond donors (Lipinski definition) is 1. The summed E-state index contributed by atoms with van der Waals surface area (Å²) in [6.45, 7) is 6.97. The molecule has 0 saturated carbocycles. The fourth-order valence-electron chi connectivity index (χ4n) is 2.11. The van der Waals surface area contributed by atoms with Crippen LogP contribution in [0.25, 0.3) is 0 Å². The van der Waals surface area contributed by atoms with Gasteiger partial charge in [0, 0.05) is 18.6 Å². The molecule has 1 unspecified atom stereocenters. The minimum atomic E-state index is -1.37. The van der Waals surface area contributed by atoms with Crippen molar-refractivity contribution in [1.82, 2.24) is 0 Å². The molecule has 2 rings (SSSR count). The average Bonchev–Trinajstić information content (AvgIpc) is 2.51. The third kappa shape index (κ3) is 7.00. The number of phenolic OH excluding ortho intramolecular Hbond substituents is 1. The number of phenols is 1. The van der Waals surface area contributed by atoms with Gasteiger partial charge < -0.3 is 5.11 Å². The molecule has 0 amide bonds. The molecule has 0 aliphatic rings. The molecule has 1 atom stereocenters. The second-order valence-corrected chi connectivity index (χ2v) is 15.1. The van der Waals surface area contributed by atoms with Crippen LogP contribution in [-0.2, 0) is 17.0 Å². The zero-order chi connectivity index (χ0) is 18.2. The van der Waals surface area contributed by atoms with Gasteiger partial charge in [-0.2, -0.15) is 0 Å². The summed E-state index contributed by atoms with van der Waals surface area (Å²) in [7, 11) is 10.6. The molecule has 1 N–H and O–H groups in total. The standard InChI is InChI=1S/C17H22NOPSi.2ClH.Ti/c1-18-12-13-7-5-6-8-16(13)20-17-11-14(21(2,3)4)9-10-15(17)19;;;/h5-12,19-20H,1-4H3;2*1H;/q;;;+2/p-2. The number of hydrogen-bond acceptors (Lipinski definition) is 2. The van der Waals surface area contributed by atoms with Crippen molar-refractivity contribution in [3.05, 3.63) is 48.0 Å². The average molecular weight is 434 g/mol. The van der Waals surface area contributed by atoms with Crippen LogP contribution in [0.2, 0.25) is 19.6 Å². The van der Waals surface area contributed by atoms with Crippen LogP contribution in [0.5, 0.6) is 5.75 Å². The predicted octanol–water partition coefficient (Wildman–Crippen LogP) is 3.99. The van der Waals surface area contributed by atoms with E-state index in [0.29, 0.717) is 14.3 Å². The molecule has 0 fully saturated rings. The fourth-order valence-corrected chi connectivity index (χ4v) is 4.62. The van der Waals surface area contributed by atoms with Gasteiger partial charge in [0.25, 0.3) is 0 Å². The molecule has 0 saturated heterocycles.